The van der Waals surface area contributed by atoms with E-state index < -0.39 is 0 Å². The minimum Gasteiger partial charge on any atom is -0.369 e. The minimum absolute atomic E-state index is 0.245. The maximum absolute atomic E-state index is 12.3. The molecule has 1 aromatic carbocycles. The van der Waals surface area contributed by atoms with Gasteiger partial charge in [-0.2, -0.15) is 0 Å². The predicted octanol–water partition coefficient (Wildman–Crippen LogP) is 2.34. The highest BCUT2D eigenvalue weighted by Crippen LogP contribution is 2.18. The number of carbonyl (C=O) groups is 1. The van der Waals surface area contributed by atoms with Crippen LogP contribution in [0.2, 0.25) is 0 Å². The second-order valence-corrected chi connectivity index (χ2v) is 5.83. The summed E-state index contributed by atoms with van der Waals surface area (Å²) in [5.74, 6) is 0.217. The van der Waals surface area contributed by atoms with Crippen LogP contribution in [0.3, 0.4) is 0 Å². The smallest absolute Gasteiger partial charge is 0.269 e. The number of hydrogen-bond acceptors (Lipinski definition) is 6. The Hall–Kier alpha value is -3.16. The maximum Gasteiger partial charge on any atom is 0.269 e. The van der Waals surface area contributed by atoms with Crippen LogP contribution in [0, 0.1) is 0 Å². The summed E-state index contributed by atoms with van der Waals surface area (Å²) in [6, 6.07) is 7.93. The molecule has 0 atom stereocenters. The molecule has 0 fully saturated rings. The first kappa shape index (κ1) is 16.7. The van der Waals surface area contributed by atoms with Crippen molar-refractivity contribution >= 4 is 28.6 Å². The number of hydrazine groups is 1. The molecular weight excluding hydrogens is 318 g/mol. The number of fused-ring (bicyclic) bond motifs is 1. The van der Waals surface area contributed by atoms with Crippen LogP contribution in [0.25, 0.3) is 11.2 Å². The fourth-order valence-electron chi connectivity index (χ4n) is 2.70. The van der Waals surface area contributed by atoms with Crippen LogP contribution in [0.4, 0.5) is 11.5 Å². The standard InChI is InChI=1S/C17H21N7O/c1-4-24(11(2)3)13-7-5-12(6-8-13)17(25)23-22-16-14-15(19-9-18-14)20-10-21-16/h5-11H,4H2,1-3H3,(H,23,25)(H2,18,19,20,21,22). The Labute approximate surface area is 145 Å². The van der Waals surface area contributed by atoms with Gasteiger partial charge in [-0.3, -0.25) is 15.6 Å². The van der Waals surface area contributed by atoms with Gasteiger partial charge in [0.2, 0.25) is 0 Å². The number of H-pyrrole nitrogens is 1. The van der Waals surface area contributed by atoms with Crippen molar-refractivity contribution in [1.29, 1.82) is 0 Å². The summed E-state index contributed by atoms with van der Waals surface area (Å²) in [5, 5.41) is 0. The molecule has 8 nitrogen and oxygen atoms in total. The number of amides is 1. The van der Waals surface area contributed by atoms with E-state index >= 15 is 0 Å². The number of benzene rings is 1. The molecule has 0 saturated heterocycles. The number of imidazole rings is 1. The van der Waals surface area contributed by atoms with E-state index in [1.54, 1.807) is 0 Å². The molecule has 3 aromatic rings. The Morgan fingerprint density at radius 2 is 1.96 bits per heavy atom. The molecule has 0 aliphatic heterocycles. The van der Waals surface area contributed by atoms with Gasteiger partial charge >= 0.3 is 0 Å². The summed E-state index contributed by atoms with van der Waals surface area (Å²) in [5.41, 5.74) is 8.27. The summed E-state index contributed by atoms with van der Waals surface area (Å²) in [6.45, 7) is 7.32. The molecule has 0 spiro atoms. The number of hydrogen-bond donors (Lipinski definition) is 3. The largest absolute Gasteiger partial charge is 0.369 e. The van der Waals surface area contributed by atoms with E-state index in [-0.39, 0.29) is 5.91 Å². The SMILES string of the molecule is CCN(c1ccc(C(=O)NNc2ncnc3nc[nH]c23)cc1)C(C)C. The average molecular weight is 339 g/mol. The Kier molecular flexibility index (Phi) is 4.78. The molecule has 0 aliphatic rings. The van der Waals surface area contributed by atoms with E-state index in [4.69, 9.17) is 0 Å². The van der Waals surface area contributed by atoms with Crippen molar-refractivity contribution in [2.24, 2.45) is 0 Å². The molecule has 130 valence electrons. The average Bonchev–Trinajstić information content (AvgIpc) is 3.10. The fraction of sp³-hybridized carbons (Fsp3) is 0.294. The van der Waals surface area contributed by atoms with Gasteiger partial charge in [0.05, 0.1) is 6.33 Å². The predicted molar refractivity (Wildman–Crippen MR) is 97.4 cm³/mol. The van der Waals surface area contributed by atoms with E-state index in [0.29, 0.717) is 28.6 Å². The van der Waals surface area contributed by atoms with Crippen LogP contribution in [0.15, 0.2) is 36.9 Å². The Morgan fingerprint density at radius 1 is 1.20 bits per heavy atom. The normalized spacial score (nSPS) is 10.9. The third-order valence-corrected chi connectivity index (χ3v) is 3.94. The van der Waals surface area contributed by atoms with Gasteiger partial charge < -0.3 is 9.88 Å². The number of rotatable bonds is 6. The van der Waals surface area contributed by atoms with Crippen LogP contribution in [0.5, 0.6) is 0 Å². The first-order valence-electron chi connectivity index (χ1n) is 8.17. The van der Waals surface area contributed by atoms with E-state index in [0.717, 1.165) is 12.2 Å². The molecule has 3 N–H and O–H groups in total. The second kappa shape index (κ2) is 7.16. The molecule has 0 saturated carbocycles. The molecular formula is C17H21N7O. The highest BCUT2D eigenvalue weighted by Gasteiger charge is 2.11. The molecule has 3 rings (SSSR count). The zero-order valence-electron chi connectivity index (χ0n) is 14.4. The lowest BCUT2D eigenvalue weighted by molar-refractivity contribution is 0.0962. The van der Waals surface area contributed by atoms with Crippen molar-refractivity contribution in [1.82, 2.24) is 25.4 Å². The van der Waals surface area contributed by atoms with Crippen LogP contribution in [-0.4, -0.2) is 38.4 Å². The summed E-state index contributed by atoms with van der Waals surface area (Å²) in [7, 11) is 0. The summed E-state index contributed by atoms with van der Waals surface area (Å²) >= 11 is 0. The molecule has 1 amide bonds. The third-order valence-electron chi connectivity index (χ3n) is 3.94. The van der Waals surface area contributed by atoms with Gasteiger partial charge in [-0.05, 0) is 45.0 Å². The molecule has 0 radical (unpaired) electrons. The molecule has 0 aliphatic carbocycles. The number of nitrogens with zero attached hydrogens (tertiary/aromatic N) is 4. The lowest BCUT2D eigenvalue weighted by Crippen LogP contribution is -2.31. The fourth-order valence-corrected chi connectivity index (χ4v) is 2.70. The van der Waals surface area contributed by atoms with Crippen LogP contribution in [-0.2, 0) is 0 Å². The zero-order valence-corrected chi connectivity index (χ0v) is 14.4. The quantitative estimate of drug-likeness (QED) is 0.596. The first-order valence-corrected chi connectivity index (χ1v) is 8.17. The van der Waals surface area contributed by atoms with Crippen LogP contribution in [0.1, 0.15) is 31.1 Å². The minimum atomic E-state index is -0.245. The summed E-state index contributed by atoms with van der Waals surface area (Å²) in [4.78, 5) is 29.7. The summed E-state index contributed by atoms with van der Waals surface area (Å²) < 4.78 is 0. The third kappa shape index (κ3) is 3.52. The van der Waals surface area contributed by atoms with Gasteiger partial charge in [0, 0.05) is 23.8 Å². The number of nitrogens with one attached hydrogen (secondary N) is 3. The topological polar surface area (TPSA) is 98.8 Å². The van der Waals surface area contributed by atoms with E-state index in [9.17, 15) is 4.79 Å². The van der Waals surface area contributed by atoms with Gasteiger partial charge in [0.15, 0.2) is 11.5 Å². The lowest BCUT2D eigenvalue weighted by atomic mass is 10.1. The van der Waals surface area contributed by atoms with Gasteiger partial charge in [-0.15, -0.1) is 0 Å². The molecule has 2 aromatic heterocycles. The van der Waals surface area contributed by atoms with Gasteiger partial charge in [0.25, 0.3) is 5.91 Å². The maximum atomic E-state index is 12.3. The van der Waals surface area contributed by atoms with E-state index in [2.05, 4.69) is 56.5 Å². The van der Waals surface area contributed by atoms with Gasteiger partial charge in [-0.25, -0.2) is 15.0 Å². The molecule has 25 heavy (non-hydrogen) atoms. The summed E-state index contributed by atoms with van der Waals surface area (Å²) in [6.07, 6.45) is 2.91. The number of aromatic amines is 1. The van der Waals surface area contributed by atoms with Gasteiger partial charge in [0.1, 0.15) is 11.8 Å². The van der Waals surface area contributed by atoms with Crippen LogP contribution < -0.4 is 15.8 Å². The highest BCUT2D eigenvalue weighted by atomic mass is 16.2. The lowest BCUT2D eigenvalue weighted by Gasteiger charge is -2.27. The van der Waals surface area contributed by atoms with Crippen molar-refractivity contribution < 1.29 is 4.79 Å². The number of carbonyl (C=O) groups excluding carboxylic acids is 1. The Balaban J connectivity index is 1.68. The molecule has 8 heteroatoms. The van der Waals surface area contributed by atoms with Crippen molar-refractivity contribution in [3.8, 4) is 0 Å². The van der Waals surface area contributed by atoms with Crippen molar-refractivity contribution in [2.45, 2.75) is 26.8 Å². The zero-order chi connectivity index (χ0) is 17.8. The monoisotopic (exact) mass is 339 g/mol. The number of aromatic nitrogens is 4. The van der Waals surface area contributed by atoms with Crippen molar-refractivity contribution in [3.63, 3.8) is 0 Å². The highest BCUT2D eigenvalue weighted by molar-refractivity contribution is 5.95. The molecule has 2 heterocycles. The van der Waals surface area contributed by atoms with Crippen LogP contribution >= 0.6 is 0 Å². The van der Waals surface area contributed by atoms with E-state index in [1.165, 1.54) is 12.7 Å². The number of anilines is 2. The van der Waals surface area contributed by atoms with Crippen molar-refractivity contribution in [2.75, 3.05) is 16.9 Å². The van der Waals surface area contributed by atoms with E-state index in [1.807, 2.05) is 24.3 Å². The Morgan fingerprint density at radius 3 is 2.64 bits per heavy atom. The second-order valence-electron chi connectivity index (χ2n) is 5.83. The van der Waals surface area contributed by atoms with Gasteiger partial charge in [-0.1, -0.05) is 0 Å². The molecule has 0 unspecified atom stereocenters. The molecule has 0 bridgehead atoms. The van der Waals surface area contributed by atoms with Crippen molar-refractivity contribution in [3.05, 3.63) is 42.5 Å². The first-order chi connectivity index (χ1) is 12.1. The Bertz CT molecular complexity index is 857.